The molecule has 1 aliphatic rings. The number of carbonyl (C=O) groups excluding carboxylic acids is 2. The van der Waals surface area contributed by atoms with Crippen molar-refractivity contribution < 1.29 is 32.3 Å². The second kappa shape index (κ2) is 8.55. The molecular weight excluding hydrogens is 441 g/mol. The molecule has 0 saturated carbocycles. The van der Waals surface area contributed by atoms with E-state index >= 15 is 0 Å². The number of aromatic nitrogens is 1. The van der Waals surface area contributed by atoms with E-state index in [4.69, 9.17) is 9.94 Å². The van der Waals surface area contributed by atoms with E-state index < -0.39 is 26.3 Å². The van der Waals surface area contributed by atoms with Gasteiger partial charge in [0.15, 0.2) is 26.2 Å². The Bertz CT molecular complexity index is 1160. The first-order valence-corrected chi connectivity index (χ1v) is 11.9. The Kier molecular flexibility index (Phi) is 6.34. The molecule has 0 fully saturated rings. The highest BCUT2D eigenvalue weighted by molar-refractivity contribution is 7.92. The van der Waals surface area contributed by atoms with Gasteiger partial charge in [0.1, 0.15) is 0 Å². The summed E-state index contributed by atoms with van der Waals surface area (Å²) in [5, 5.41) is 8.92. The van der Waals surface area contributed by atoms with Gasteiger partial charge in [-0.05, 0) is 51.0 Å². The molecule has 1 aliphatic heterocycles. The lowest BCUT2D eigenvalue weighted by Crippen LogP contribution is -2.50. The summed E-state index contributed by atoms with van der Waals surface area (Å²) in [4.78, 5) is 26.2. The molecule has 2 heterocycles. The quantitative estimate of drug-likeness (QED) is 0.455. The lowest BCUT2D eigenvalue weighted by atomic mass is 10.1. The summed E-state index contributed by atoms with van der Waals surface area (Å²) < 4.78 is 43.5. The van der Waals surface area contributed by atoms with Crippen LogP contribution in [0.2, 0.25) is 0 Å². The number of rotatable bonds is 8. The lowest BCUT2D eigenvalue weighted by molar-refractivity contribution is -0.131. The zero-order chi connectivity index (χ0) is 23.8. The number of hydrogen-bond donors (Lipinski definition) is 2. The van der Waals surface area contributed by atoms with Gasteiger partial charge in [0.25, 0.3) is 5.91 Å². The van der Waals surface area contributed by atoms with Crippen LogP contribution in [0.3, 0.4) is 0 Å². The normalized spacial score (nSPS) is 15.6. The molecule has 0 aliphatic carbocycles. The number of hydrogen-bond acceptors (Lipinski definition) is 6. The Hall–Kier alpha value is -2.92. The van der Waals surface area contributed by atoms with E-state index in [1.165, 1.54) is 27.9 Å². The highest BCUT2D eigenvalue weighted by atomic mass is 32.2. The van der Waals surface area contributed by atoms with Gasteiger partial charge >= 0.3 is 6.03 Å². The first kappa shape index (κ1) is 23.7. The van der Waals surface area contributed by atoms with Crippen LogP contribution in [0.1, 0.15) is 32.9 Å². The maximum Gasteiger partial charge on any atom is 0.328 e. The van der Waals surface area contributed by atoms with Gasteiger partial charge in [-0.1, -0.05) is 6.07 Å². The van der Waals surface area contributed by atoms with Crippen LogP contribution in [0.15, 0.2) is 30.5 Å². The summed E-state index contributed by atoms with van der Waals surface area (Å²) in [6.45, 7) is 5.00. The highest BCUT2D eigenvalue weighted by Gasteiger charge is 2.44. The van der Waals surface area contributed by atoms with Crippen molar-refractivity contribution in [1.29, 1.82) is 0 Å². The molecule has 2 amide bonds. The molecule has 2 aromatic rings. The minimum absolute atomic E-state index is 0.0112. The highest BCUT2D eigenvalue weighted by Crippen LogP contribution is 2.31. The van der Waals surface area contributed by atoms with Gasteiger partial charge < -0.3 is 9.64 Å². The summed E-state index contributed by atoms with van der Waals surface area (Å²) in [6.07, 6.45) is 2.14. The molecule has 32 heavy (non-hydrogen) atoms. The fraction of sp³-hybridized carbons (Fsp3) is 0.429. The van der Waals surface area contributed by atoms with Crippen molar-refractivity contribution in [2.45, 2.75) is 44.6 Å². The van der Waals surface area contributed by atoms with Gasteiger partial charge in [0.2, 0.25) is 0 Å². The van der Waals surface area contributed by atoms with Gasteiger partial charge in [-0.3, -0.25) is 14.6 Å². The molecule has 0 bridgehead atoms. The first-order chi connectivity index (χ1) is 14.9. The van der Waals surface area contributed by atoms with E-state index in [2.05, 4.69) is 0 Å². The van der Waals surface area contributed by atoms with Gasteiger partial charge in [0.05, 0.1) is 12.6 Å². The van der Waals surface area contributed by atoms with Crippen LogP contribution in [-0.4, -0.2) is 58.7 Å². The Balaban J connectivity index is 1.75. The molecule has 0 spiro atoms. The SMILES string of the molecule is CC(C)Oc1ccc(-c2cc3n(c2)C(=O)N(CC[C@](C)(C(=O)NO)S(C)(=O)=O)C3)cc1F. The molecule has 1 atom stereocenters. The molecule has 174 valence electrons. The number of ether oxygens (including phenoxy) is 1. The van der Waals surface area contributed by atoms with Crippen molar-refractivity contribution in [2.24, 2.45) is 0 Å². The van der Waals surface area contributed by atoms with Crippen LogP contribution in [0, 0.1) is 5.82 Å². The van der Waals surface area contributed by atoms with Crippen molar-refractivity contribution in [1.82, 2.24) is 14.9 Å². The topological polar surface area (TPSA) is 118 Å². The summed E-state index contributed by atoms with van der Waals surface area (Å²) >= 11 is 0. The molecule has 0 saturated heterocycles. The minimum atomic E-state index is -3.86. The van der Waals surface area contributed by atoms with Crippen LogP contribution >= 0.6 is 0 Å². The number of amides is 2. The van der Waals surface area contributed by atoms with E-state index in [-0.39, 0.29) is 37.4 Å². The van der Waals surface area contributed by atoms with E-state index in [0.717, 1.165) is 6.26 Å². The maximum atomic E-state index is 14.3. The summed E-state index contributed by atoms with van der Waals surface area (Å²) in [5.41, 5.74) is 3.29. The third-order valence-corrected chi connectivity index (χ3v) is 7.64. The van der Waals surface area contributed by atoms with E-state index in [9.17, 15) is 22.4 Å². The van der Waals surface area contributed by atoms with Crippen molar-refractivity contribution in [3.05, 3.63) is 42.0 Å². The van der Waals surface area contributed by atoms with Crippen LogP contribution in [0.25, 0.3) is 11.1 Å². The number of nitrogens with one attached hydrogen (secondary N) is 1. The number of sulfone groups is 1. The number of benzene rings is 1. The molecule has 3 rings (SSSR count). The predicted molar refractivity (Wildman–Crippen MR) is 115 cm³/mol. The smallest absolute Gasteiger partial charge is 0.328 e. The van der Waals surface area contributed by atoms with Crippen molar-refractivity contribution >= 4 is 21.8 Å². The zero-order valence-electron chi connectivity index (χ0n) is 18.3. The van der Waals surface area contributed by atoms with Crippen molar-refractivity contribution in [3.8, 4) is 16.9 Å². The Labute approximate surface area is 185 Å². The number of hydroxylamine groups is 1. The molecule has 2 N–H and O–H groups in total. The molecular formula is C21H26FN3O6S. The molecule has 9 nitrogen and oxygen atoms in total. The molecule has 0 radical (unpaired) electrons. The van der Waals surface area contributed by atoms with Crippen LogP contribution in [-0.2, 0) is 21.2 Å². The number of fused-ring (bicyclic) bond motifs is 1. The second-order valence-corrected chi connectivity index (χ2v) is 10.7. The van der Waals surface area contributed by atoms with E-state index in [1.807, 2.05) is 0 Å². The fourth-order valence-electron chi connectivity index (χ4n) is 3.52. The molecule has 0 unspecified atom stereocenters. The van der Waals surface area contributed by atoms with E-state index in [0.29, 0.717) is 16.8 Å². The van der Waals surface area contributed by atoms with Gasteiger partial charge in [-0.15, -0.1) is 0 Å². The Morgan fingerprint density at radius 3 is 2.53 bits per heavy atom. The monoisotopic (exact) mass is 467 g/mol. The minimum Gasteiger partial charge on any atom is -0.488 e. The molecule has 11 heteroatoms. The van der Waals surface area contributed by atoms with Gasteiger partial charge in [-0.2, -0.15) is 0 Å². The van der Waals surface area contributed by atoms with Crippen LogP contribution in [0.5, 0.6) is 5.75 Å². The zero-order valence-corrected chi connectivity index (χ0v) is 19.1. The number of nitrogens with zero attached hydrogens (tertiary/aromatic N) is 2. The van der Waals surface area contributed by atoms with Crippen LogP contribution in [0.4, 0.5) is 9.18 Å². The lowest BCUT2D eigenvalue weighted by Gasteiger charge is -2.27. The van der Waals surface area contributed by atoms with Crippen molar-refractivity contribution in [2.75, 3.05) is 12.8 Å². The average Bonchev–Trinajstić information content (AvgIpc) is 3.25. The summed E-state index contributed by atoms with van der Waals surface area (Å²) in [5.74, 6) is -1.41. The first-order valence-electron chi connectivity index (χ1n) is 9.98. The Morgan fingerprint density at radius 1 is 1.31 bits per heavy atom. The second-order valence-electron chi connectivity index (χ2n) is 8.30. The molecule has 1 aromatic carbocycles. The fourth-order valence-corrected chi connectivity index (χ4v) is 4.36. The van der Waals surface area contributed by atoms with Crippen molar-refractivity contribution in [3.63, 3.8) is 0 Å². The van der Waals surface area contributed by atoms with E-state index in [1.54, 1.807) is 38.2 Å². The Morgan fingerprint density at radius 2 is 2.00 bits per heavy atom. The summed E-state index contributed by atoms with van der Waals surface area (Å²) in [6, 6.07) is 5.97. The van der Waals surface area contributed by atoms with Crippen LogP contribution < -0.4 is 10.2 Å². The van der Waals surface area contributed by atoms with Gasteiger partial charge in [0, 0.05) is 30.3 Å². The number of halogens is 1. The third kappa shape index (κ3) is 4.35. The standard InChI is InChI=1S/C21H26FN3O6S/c1-13(2)31-18-6-5-14(10-17(18)22)15-9-16-12-24(20(27)25(16)11-15)8-7-21(3,19(26)23-28)32(4,29)30/h5-6,9-11,13,28H,7-8,12H2,1-4H3,(H,23,26)/t21-/m1/s1. The predicted octanol–water partition coefficient (Wildman–Crippen LogP) is 2.56. The maximum absolute atomic E-state index is 14.3. The molecule has 1 aromatic heterocycles. The average molecular weight is 468 g/mol. The number of carbonyl (C=O) groups is 2. The largest absolute Gasteiger partial charge is 0.488 e. The summed E-state index contributed by atoms with van der Waals surface area (Å²) in [7, 11) is -3.86. The van der Waals surface area contributed by atoms with Gasteiger partial charge in [-0.25, -0.2) is 23.1 Å². The third-order valence-electron chi connectivity index (χ3n) is 5.62.